The summed E-state index contributed by atoms with van der Waals surface area (Å²) in [7, 11) is -1.53. The molecule has 0 aromatic heterocycles. The molecule has 4 N–H and O–H groups in total. The first-order valence-corrected chi connectivity index (χ1v) is 8.64. The summed E-state index contributed by atoms with van der Waals surface area (Å²) in [4.78, 5) is 9.88. The molecular formula is C13H25O7P. The molecule has 124 valence electrons. The second-order valence-corrected chi connectivity index (χ2v) is 7.46. The first kappa shape index (κ1) is 17.5. The monoisotopic (exact) mass is 324 g/mol. The van der Waals surface area contributed by atoms with Crippen molar-refractivity contribution >= 4 is 8.38 Å². The standard InChI is InChI=1S/C13H25O7P/c1-7(2)19-13-12(16)11(15)10(14)9(20-13)6-8-4-3-5-18-21(8)17/h7-17H,3-6H2,1-2H3/t8?,9?,10-,11?,12?,13+,21?/m1/s1. The van der Waals surface area contributed by atoms with Crippen molar-refractivity contribution in [1.29, 1.82) is 0 Å². The lowest BCUT2D eigenvalue weighted by Crippen LogP contribution is -2.59. The van der Waals surface area contributed by atoms with Gasteiger partial charge in [-0.05, 0) is 33.1 Å². The quantitative estimate of drug-likeness (QED) is 0.543. The third-order valence-corrected chi connectivity index (χ3v) is 5.34. The van der Waals surface area contributed by atoms with Crippen molar-refractivity contribution in [3.63, 3.8) is 0 Å². The Bertz CT molecular complexity index is 330. The van der Waals surface area contributed by atoms with Crippen LogP contribution in [0, 0.1) is 0 Å². The lowest BCUT2D eigenvalue weighted by atomic mass is 9.95. The molecule has 2 aliphatic rings. The number of aliphatic hydroxyl groups is 3. The largest absolute Gasteiger partial charge is 0.388 e. The van der Waals surface area contributed by atoms with Gasteiger partial charge in [0.15, 0.2) is 14.7 Å². The molecule has 0 spiro atoms. The number of hydrogen-bond donors (Lipinski definition) is 4. The van der Waals surface area contributed by atoms with Crippen molar-refractivity contribution in [2.45, 2.75) is 75.6 Å². The van der Waals surface area contributed by atoms with Gasteiger partial charge in [0.25, 0.3) is 0 Å². The maximum atomic E-state index is 10.1. The van der Waals surface area contributed by atoms with Crippen molar-refractivity contribution in [2.75, 3.05) is 6.61 Å². The highest BCUT2D eigenvalue weighted by atomic mass is 31.2. The van der Waals surface area contributed by atoms with E-state index >= 15 is 0 Å². The van der Waals surface area contributed by atoms with Crippen LogP contribution < -0.4 is 0 Å². The molecule has 7 nitrogen and oxygen atoms in total. The third-order valence-electron chi connectivity index (χ3n) is 3.80. The molecule has 2 saturated heterocycles. The van der Waals surface area contributed by atoms with Gasteiger partial charge in [0, 0.05) is 5.66 Å². The van der Waals surface area contributed by atoms with E-state index in [2.05, 4.69) is 0 Å². The van der Waals surface area contributed by atoms with E-state index in [-0.39, 0.29) is 11.8 Å². The summed E-state index contributed by atoms with van der Waals surface area (Å²) in [6.45, 7) is 4.14. The highest BCUT2D eigenvalue weighted by molar-refractivity contribution is 7.47. The predicted molar refractivity (Wildman–Crippen MR) is 75.6 cm³/mol. The van der Waals surface area contributed by atoms with Gasteiger partial charge >= 0.3 is 0 Å². The van der Waals surface area contributed by atoms with Gasteiger partial charge in [0.1, 0.15) is 18.3 Å². The molecule has 0 saturated carbocycles. The smallest absolute Gasteiger partial charge is 0.186 e. The van der Waals surface area contributed by atoms with E-state index in [1.165, 1.54) is 0 Å². The van der Waals surface area contributed by atoms with Crippen LogP contribution in [0.5, 0.6) is 0 Å². The van der Waals surface area contributed by atoms with Crippen LogP contribution in [0.3, 0.4) is 0 Å². The van der Waals surface area contributed by atoms with Crippen molar-refractivity contribution in [3.8, 4) is 0 Å². The molecule has 2 rings (SSSR count). The van der Waals surface area contributed by atoms with Gasteiger partial charge in [-0.2, -0.15) is 0 Å². The summed E-state index contributed by atoms with van der Waals surface area (Å²) in [6, 6.07) is 0. The lowest BCUT2D eigenvalue weighted by molar-refractivity contribution is -0.305. The Morgan fingerprint density at radius 3 is 2.52 bits per heavy atom. The molecule has 0 aromatic rings. The maximum Gasteiger partial charge on any atom is 0.186 e. The second-order valence-electron chi connectivity index (χ2n) is 5.87. The topological polar surface area (TPSA) is 109 Å². The second kappa shape index (κ2) is 7.62. The van der Waals surface area contributed by atoms with Crippen LogP contribution >= 0.6 is 8.38 Å². The molecule has 8 heteroatoms. The highest BCUT2D eigenvalue weighted by Crippen LogP contribution is 2.47. The van der Waals surface area contributed by atoms with Crippen LogP contribution in [0.2, 0.25) is 0 Å². The molecule has 0 bridgehead atoms. The van der Waals surface area contributed by atoms with Gasteiger partial charge in [-0.15, -0.1) is 0 Å². The normalized spacial score (nSPS) is 45.0. The van der Waals surface area contributed by atoms with E-state index in [0.717, 1.165) is 12.8 Å². The van der Waals surface area contributed by atoms with Crippen LogP contribution in [-0.4, -0.2) is 69.3 Å². The average molecular weight is 324 g/mol. The van der Waals surface area contributed by atoms with Gasteiger partial charge in [-0.25, -0.2) is 0 Å². The molecule has 2 heterocycles. The Morgan fingerprint density at radius 1 is 1.19 bits per heavy atom. The van der Waals surface area contributed by atoms with Gasteiger partial charge in [-0.1, -0.05) is 0 Å². The van der Waals surface area contributed by atoms with E-state index < -0.39 is 39.1 Å². The Kier molecular flexibility index (Phi) is 6.35. The summed E-state index contributed by atoms with van der Waals surface area (Å²) >= 11 is 0. The lowest BCUT2D eigenvalue weighted by Gasteiger charge is -2.42. The Balaban J connectivity index is 1.99. The maximum absolute atomic E-state index is 10.1. The van der Waals surface area contributed by atoms with Crippen molar-refractivity contribution in [3.05, 3.63) is 0 Å². The molecule has 0 amide bonds. The van der Waals surface area contributed by atoms with E-state index in [1.54, 1.807) is 13.8 Å². The summed E-state index contributed by atoms with van der Waals surface area (Å²) in [5, 5.41) is 29.9. The Hall–Kier alpha value is 0.150. The molecule has 2 fully saturated rings. The zero-order valence-corrected chi connectivity index (χ0v) is 13.2. The third kappa shape index (κ3) is 4.33. The summed E-state index contributed by atoms with van der Waals surface area (Å²) in [5.41, 5.74) is -0.101. The molecular weight excluding hydrogens is 299 g/mol. The molecule has 0 aliphatic carbocycles. The fourth-order valence-corrected chi connectivity index (χ4v) is 3.98. The number of ether oxygens (including phenoxy) is 2. The fraction of sp³-hybridized carbons (Fsp3) is 1.00. The van der Waals surface area contributed by atoms with Crippen molar-refractivity contribution in [1.82, 2.24) is 0 Å². The minimum absolute atomic E-state index is 0.101. The van der Waals surface area contributed by atoms with Crippen LogP contribution in [-0.2, 0) is 14.0 Å². The Morgan fingerprint density at radius 2 is 1.90 bits per heavy atom. The average Bonchev–Trinajstić information content (AvgIpc) is 2.43. The van der Waals surface area contributed by atoms with Gasteiger partial charge in [0.2, 0.25) is 0 Å². The molecule has 7 atom stereocenters. The van der Waals surface area contributed by atoms with E-state index in [0.29, 0.717) is 13.0 Å². The molecule has 0 aromatic carbocycles. The van der Waals surface area contributed by atoms with Gasteiger partial charge in [-0.3, -0.25) is 0 Å². The van der Waals surface area contributed by atoms with Crippen LogP contribution in [0.4, 0.5) is 0 Å². The van der Waals surface area contributed by atoms with E-state index in [4.69, 9.17) is 14.0 Å². The minimum Gasteiger partial charge on any atom is -0.388 e. The summed E-state index contributed by atoms with van der Waals surface area (Å²) in [5.74, 6) is 0. The van der Waals surface area contributed by atoms with Gasteiger partial charge < -0.3 is 34.2 Å². The summed E-state index contributed by atoms with van der Waals surface area (Å²) in [6.07, 6.45) is -3.69. The van der Waals surface area contributed by atoms with E-state index in [9.17, 15) is 20.2 Å². The van der Waals surface area contributed by atoms with Crippen molar-refractivity contribution in [2.24, 2.45) is 0 Å². The number of rotatable bonds is 4. The number of aliphatic hydroxyl groups excluding tert-OH is 3. The van der Waals surface area contributed by atoms with Gasteiger partial charge in [0.05, 0.1) is 18.8 Å². The minimum atomic E-state index is -1.53. The van der Waals surface area contributed by atoms with Crippen molar-refractivity contribution < 1.29 is 34.2 Å². The molecule has 2 aliphatic heterocycles. The zero-order chi connectivity index (χ0) is 15.6. The zero-order valence-electron chi connectivity index (χ0n) is 12.3. The van der Waals surface area contributed by atoms with Crippen LogP contribution in [0.25, 0.3) is 0 Å². The molecule has 21 heavy (non-hydrogen) atoms. The number of hydrogen-bond acceptors (Lipinski definition) is 7. The van der Waals surface area contributed by atoms with E-state index in [1.807, 2.05) is 0 Å². The fourth-order valence-electron chi connectivity index (χ4n) is 2.66. The van der Waals surface area contributed by atoms with Crippen LogP contribution in [0.15, 0.2) is 0 Å². The summed E-state index contributed by atoms with van der Waals surface area (Å²) < 4.78 is 16.3. The van der Waals surface area contributed by atoms with Crippen LogP contribution in [0.1, 0.15) is 33.1 Å². The first-order valence-electron chi connectivity index (χ1n) is 7.36. The predicted octanol–water partition coefficient (Wildman–Crippen LogP) is 0.0923. The SMILES string of the molecule is CC(C)O[C@H]1OC(CC2CCCOP2O)[C@@H](O)C(O)C1O. The molecule has 0 radical (unpaired) electrons. The highest BCUT2D eigenvalue weighted by Gasteiger charge is 2.46. The Labute approximate surface area is 125 Å². The first-order chi connectivity index (χ1) is 9.90. The molecule has 5 unspecified atom stereocenters.